The summed E-state index contributed by atoms with van der Waals surface area (Å²) >= 11 is 0. The van der Waals surface area contributed by atoms with Gasteiger partial charge in [-0.15, -0.1) is 0 Å². The lowest BCUT2D eigenvalue weighted by Crippen LogP contribution is -1.91. The van der Waals surface area contributed by atoms with Gasteiger partial charge in [-0.25, -0.2) is 0 Å². The Balaban J connectivity index is 1.51. The molecule has 160 valence electrons. The van der Waals surface area contributed by atoms with Gasteiger partial charge in [0, 0.05) is 22.2 Å². The van der Waals surface area contributed by atoms with Crippen molar-refractivity contribution in [1.82, 2.24) is 4.98 Å². The van der Waals surface area contributed by atoms with Gasteiger partial charge in [-0.1, -0.05) is 84.9 Å². The number of aromatic nitrogens is 1. The molecular weight excluding hydrogens is 398 g/mol. The van der Waals surface area contributed by atoms with E-state index in [9.17, 15) is 0 Å². The summed E-state index contributed by atoms with van der Waals surface area (Å²) in [5, 5.41) is 1.32. The summed E-state index contributed by atoms with van der Waals surface area (Å²) in [6.45, 7) is 4.43. The number of H-pyrrole nitrogens is 1. The zero-order chi connectivity index (χ0) is 22.4. The maximum Gasteiger partial charge on any atom is 0.0542 e. The van der Waals surface area contributed by atoms with Crippen molar-refractivity contribution in [3.63, 3.8) is 0 Å². The zero-order valence-electron chi connectivity index (χ0n) is 19.2. The third kappa shape index (κ3) is 3.41. The summed E-state index contributed by atoms with van der Waals surface area (Å²) < 4.78 is 0. The molecule has 1 heteroatoms. The van der Waals surface area contributed by atoms with Gasteiger partial charge in [0.1, 0.15) is 0 Å². The van der Waals surface area contributed by atoms with Crippen LogP contribution >= 0.6 is 0 Å². The number of aromatic amines is 1. The van der Waals surface area contributed by atoms with Crippen LogP contribution in [0.25, 0.3) is 50.4 Å². The predicted octanol–water partition coefficient (Wildman–Crippen LogP) is 8.75. The van der Waals surface area contributed by atoms with Crippen LogP contribution in [0, 0.1) is 13.8 Å². The minimum atomic E-state index is 1.09. The molecule has 0 saturated heterocycles. The molecular formula is C32H27N. The highest BCUT2D eigenvalue weighted by Gasteiger charge is 2.16. The number of rotatable bonds is 3. The Morgan fingerprint density at radius 3 is 2.15 bits per heavy atom. The minimum Gasteiger partial charge on any atom is -0.357 e. The highest BCUT2D eigenvalue weighted by atomic mass is 14.7. The average Bonchev–Trinajstić information content (AvgIpc) is 3.24. The summed E-state index contributed by atoms with van der Waals surface area (Å²) in [7, 11) is 0. The molecule has 0 fully saturated rings. The lowest BCUT2D eigenvalue weighted by Gasteiger charge is -2.14. The highest BCUT2D eigenvalue weighted by molar-refractivity contribution is 6.00. The van der Waals surface area contributed by atoms with Crippen molar-refractivity contribution >= 4 is 17.0 Å². The first-order chi connectivity index (χ1) is 16.2. The van der Waals surface area contributed by atoms with Crippen molar-refractivity contribution in [2.45, 2.75) is 26.7 Å². The Kier molecular flexibility index (Phi) is 4.77. The Morgan fingerprint density at radius 2 is 1.36 bits per heavy atom. The van der Waals surface area contributed by atoms with Crippen molar-refractivity contribution in [2.24, 2.45) is 0 Å². The molecule has 0 saturated carbocycles. The van der Waals surface area contributed by atoms with Gasteiger partial charge in [0.05, 0.1) is 5.52 Å². The predicted molar refractivity (Wildman–Crippen MR) is 141 cm³/mol. The van der Waals surface area contributed by atoms with E-state index in [2.05, 4.69) is 116 Å². The maximum absolute atomic E-state index is 3.75. The molecule has 33 heavy (non-hydrogen) atoms. The van der Waals surface area contributed by atoms with Crippen LogP contribution < -0.4 is 0 Å². The maximum atomic E-state index is 3.75. The fraction of sp³-hybridized carbons (Fsp3) is 0.125. The Morgan fingerprint density at radius 1 is 0.636 bits per heavy atom. The minimum absolute atomic E-state index is 1.09. The molecule has 5 aromatic rings. The molecule has 1 nitrogen and oxygen atoms in total. The van der Waals surface area contributed by atoms with Crippen molar-refractivity contribution < 1.29 is 0 Å². The van der Waals surface area contributed by atoms with Gasteiger partial charge < -0.3 is 4.98 Å². The number of allylic oxidation sites excluding steroid dienone is 1. The number of fused-ring (bicyclic) bond motifs is 3. The third-order valence-corrected chi connectivity index (χ3v) is 6.98. The lowest BCUT2D eigenvalue weighted by molar-refractivity contribution is 0.951. The van der Waals surface area contributed by atoms with Crippen molar-refractivity contribution in [3.05, 3.63) is 113 Å². The van der Waals surface area contributed by atoms with Crippen LogP contribution in [0.15, 0.2) is 91.0 Å². The van der Waals surface area contributed by atoms with Gasteiger partial charge in [-0.2, -0.15) is 0 Å². The topological polar surface area (TPSA) is 15.8 Å². The van der Waals surface area contributed by atoms with E-state index in [1.165, 1.54) is 66.7 Å². The number of aryl methyl sites for hydroxylation is 3. The smallest absolute Gasteiger partial charge is 0.0542 e. The van der Waals surface area contributed by atoms with E-state index >= 15 is 0 Å². The largest absolute Gasteiger partial charge is 0.357 e. The molecule has 1 aromatic heterocycles. The fourth-order valence-corrected chi connectivity index (χ4v) is 5.15. The molecule has 0 unspecified atom stereocenters. The van der Waals surface area contributed by atoms with E-state index in [1.54, 1.807) is 0 Å². The number of benzene rings is 4. The van der Waals surface area contributed by atoms with E-state index < -0.39 is 0 Å². The van der Waals surface area contributed by atoms with Crippen LogP contribution in [-0.4, -0.2) is 4.98 Å². The van der Waals surface area contributed by atoms with Crippen molar-refractivity contribution in [2.75, 3.05) is 0 Å². The number of nitrogens with one attached hydrogen (secondary N) is 1. The molecule has 0 bridgehead atoms. The van der Waals surface area contributed by atoms with Gasteiger partial charge in [0.2, 0.25) is 0 Å². The molecule has 1 heterocycles. The SMILES string of the molecule is Cc1ccc(-c2ccccc2)cc1-c1cc(-c2cccc3c4c([nH]c23)CCC=C4)ccc1C. The van der Waals surface area contributed by atoms with Gasteiger partial charge in [0.25, 0.3) is 0 Å². The monoisotopic (exact) mass is 425 g/mol. The van der Waals surface area contributed by atoms with E-state index in [0.717, 1.165) is 12.8 Å². The Labute approximate surface area is 195 Å². The normalized spacial score (nSPS) is 12.8. The van der Waals surface area contributed by atoms with Crippen molar-refractivity contribution in [3.8, 4) is 33.4 Å². The summed E-state index contributed by atoms with van der Waals surface area (Å²) in [6.07, 6.45) is 6.76. The number of para-hydroxylation sites is 1. The van der Waals surface area contributed by atoms with Crippen LogP contribution in [0.2, 0.25) is 0 Å². The molecule has 0 amide bonds. The second-order valence-corrected chi connectivity index (χ2v) is 9.11. The molecule has 4 aromatic carbocycles. The first kappa shape index (κ1) is 19.8. The van der Waals surface area contributed by atoms with Crippen LogP contribution in [0.5, 0.6) is 0 Å². The summed E-state index contributed by atoms with van der Waals surface area (Å²) in [5.41, 5.74) is 14.2. The van der Waals surface area contributed by atoms with Crippen LogP contribution in [0.3, 0.4) is 0 Å². The van der Waals surface area contributed by atoms with Crippen LogP contribution in [0.1, 0.15) is 28.8 Å². The third-order valence-electron chi connectivity index (χ3n) is 6.98. The van der Waals surface area contributed by atoms with E-state index in [0.29, 0.717) is 0 Å². The average molecular weight is 426 g/mol. The Bertz CT molecular complexity index is 1520. The molecule has 0 spiro atoms. The molecule has 1 N–H and O–H groups in total. The molecule has 0 aliphatic heterocycles. The number of hydrogen-bond acceptors (Lipinski definition) is 0. The molecule has 0 atom stereocenters. The van der Waals surface area contributed by atoms with Crippen molar-refractivity contribution in [1.29, 1.82) is 0 Å². The van der Waals surface area contributed by atoms with Gasteiger partial charge >= 0.3 is 0 Å². The van der Waals surface area contributed by atoms with Gasteiger partial charge in [-0.3, -0.25) is 0 Å². The lowest BCUT2D eigenvalue weighted by atomic mass is 9.90. The zero-order valence-corrected chi connectivity index (χ0v) is 19.2. The second-order valence-electron chi connectivity index (χ2n) is 9.11. The van der Waals surface area contributed by atoms with E-state index in [1.807, 2.05) is 0 Å². The van der Waals surface area contributed by atoms with Gasteiger partial charge in [-0.05, 0) is 77.8 Å². The first-order valence-corrected chi connectivity index (χ1v) is 11.8. The van der Waals surface area contributed by atoms with E-state index in [-0.39, 0.29) is 0 Å². The number of hydrogen-bond donors (Lipinski definition) is 1. The highest BCUT2D eigenvalue weighted by Crippen LogP contribution is 2.38. The summed E-state index contributed by atoms with van der Waals surface area (Å²) in [6, 6.07) is 31.0. The quantitative estimate of drug-likeness (QED) is 0.297. The standard InChI is InChI=1S/C32H27N/c1-21-15-17-24(23-9-4-3-5-10-23)19-29(21)30-20-25(18-16-22(30)2)26-12-8-13-28-27-11-6-7-14-31(27)33-32(26)28/h3-6,8-13,15-20,33H,7,14H2,1-2H3. The van der Waals surface area contributed by atoms with E-state index in [4.69, 9.17) is 0 Å². The van der Waals surface area contributed by atoms with Gasteiger partial charge in [0.15, 0.2) is 0 Å². The summed E-state index contributed by atoms with van der Waals surface area (Å²) in [5.74, 6) is 0. The summed E-state index contributed by atoms with van der Waals surface area (Å²) in [4.78, 5) is 3.75. The van der Waals surface area contributed by atoms with Crippen LogP contribution in [-0.2, 0) is 6.42 Å². The second kappa shape index (κ2) is 7.94. The first-order valence-electron chi connectivity index (χ1n) is 11.8. The molecule has 6 rings (SSSR count). The molecule has 1 aliphatic carbocycles. The van der Waals surface area contributed by atoms with Crippen LogP contribution in [0.4, 0.5) is 0 Å². The fourth-order valence-electron chi connectivity index (χ4n) is 5.15. The molecule has 0 radical (unpaired) electrons. The Hall–Kier alpha value is -3.84. The molecule has 1 aliphatic rings.